The van der Waals surface area contributed by atoms with Crippen molar-refractivity contribution in [1.29, 1.82) is 0 Å². The molecule has 1 unspecified atom stereocenters. The maximum absolute atomic E-state index is 11.5. The topological polar surface area (TPSA) is 32.3 Å². The molecule has 62 valence electrons. The number of alkyl halides is 1. The van der Waals surface area contributed by atoms with Crippen molar-refractivity contribution in [3.63, 3.8) is 0 Å². The first-order chi connectivity index (χ1) is 4.77. The van der Waals surface area contributed by atoms with E-state index >= 15 is 0 Å². The van der Waals surface area contributed by atoms with Crippen LogP contribution in [0, 0.1) is 0 Å². The standard InChI is InChI=1S/C7H16FNO/c1-7(10)6-9-5-3-2-4-8/h7,9-10H,2-6H2,1H3. The van der Waals surface area contributed by atoms with E-state index in [2.05, 4.69) is 5.32 Å². The van der Waals surface area contributed by atoms with Gasteiger partial charge < -0.3 is 10.4 Å². The van der Waals surface area contributed by atoms with E-state index < -0.39 is 0 Å². The molecule has 0 fully saturated rings. The predicted octanol–water partition coefficient (Wildman–Crippen LogP) is 0.706. The summed E-state index contributed by atoms with van der Waals surface area (Å²) in [5, 5.41) is 11.8. The smallest absolute Gasteiger partial charge is 0.0894 e. The van der Waals surface area contributed by atoms with Gasteiger partial charge in [0.1, 0.15) is 0 Å². The molecule has 2 N–H and O–H groups in total. The number of unbranched alkanes of at least 4 members (excludes halogenated alkanes) is 1. The average Bonchev–Trinajstić information content (AvgIpc) is 1.87. The molecular formula is C7H16FNO. The van der Waals surface area contributed by atoms with Crippen LogP contribution in [-0.4, -0.2) is 31.0 Å². The summed E-state index contributed by atoms with van der Waals surface area (Å²) in [5.41, 5.74) is 0. The molecule has 0 aromatic carbocycles. The quantitative estimate of drug-likeness (QED) is 0.545. The van der Waals surface area contributed by atoms with Crippen molar-refractivity contribution in [2.24, 2.45) is 0 Å². The minimum atomic E-state index is -0.301. The Hall–Kier alpha value is -0.150. The number of rotatable bonds is 6. The molecule has 0 amide bonds. The molecule has 0 aromatic rings. The SMILES string of the molecule is CC(O)CNCCCCF. The zero-order chi connectivity index (χ0) is 7.82. The van der Waals surface area contributed by atoms with Crippen LogP contribution < -0.4 is 5.32 Å². The predicted molar refractivity (Wildman–Crippen MR) is 39.8 cm³/mol. The zero-order valence-electron chi connectivity index (χ0n) is 6.44. The lowest BCUT2D eigenvalue weighted by Gasteiger charge is -2.04. The molecule has 0 radical (unpaired) electrons. The van der Waals surface area contributed by atoms with Crippen molar-refractivity contribution in [1.82, 2.24) is 5.32 Å². The molecule has 0 bridgehead atoms. The molecule has 1 atom stereocenters. The highest BCUT2D eigenvalue weighted by Gasteiger charge is 1.92. The second kappa shape index (κ2) is 6.96. The van der Waals surface area contributed by atoms with Crippen LogP contribution in [-0.2, 0) is 0 Å². The summed E-state index contributed by atoms with van der Waals surface area (Å²) in [6, 6.07) is 0. The van der Waals surface area contributed by atoms with E-state index in [0.29, 0.717) is 13.0 Å². The number of hydrogen-bond donors (Lipinski definition) is 2. The highest BCUT2D eigenvalue weighted by atomic mass is 19.1. The van der Waals surface area contributed by atoms with Gasteiger partial charge in [0.25, 0.3) is 0 Å². The lowest BCUT2D eigenvalue weighted by molar-refractivity contribution is 0.191. The Balaban J connectivity index is 2.77. The fourth-order valence-electron chi connectivity index (χ4n) is 0.655. The normalized spacial score (nSPS) is 13.5. The van der Waals surface area contributed by atoms with Gasteiger partial charge in [-0.3, -0.25) is 4.39 Å². The molecule has 0 spiro atoms. The molecule has 10 heavy (non-hydrogen) atoms. The maximum atomic E-state index is 11.5. The van der Waals surface area contributed by atoms with Crippen LogP contribution >= 0.6 is 0 Å². The van der Waals surface area contributed by atoms with Crippen molar-refractivity contribution >= 4 is 0 Å². The molecule has 0 aromatic heterocycles. The van der Waals surface area contributed by atoms with Crippen molar-refractivity contribution in [3.05, 3.63) is 0 Å². The Morgan fingerprint density at radius 3 is 2.70 bits per heavy atom. The third-order valence-corrected chi connectivity index (χ3v) is 1.18. The van der Waals surface area contributed by atoms with Gasteiger partial charge in [0, 0.05) is 6.54 Å². The molecule has 0 aliphatic carbocycles. The Labute approximate surface area is 61.4 Å². The van der Waals surface area contributed by atoms with E-state index in [-0.39, 0.29) is 12.8 Å². The van der Waals surface area contributed by atoms with E-state index in [1.807, 2.05) is 0 Å². The van der Waals surface area contributed by atoms with E-state index in [1.54, 1.807) is 6.92 Å². The van der Waals surface area contributed by atoms with Crippen LogP contribution in [0.25, 0.3) is 0 Å². The molecule has 2 nitrogen and oxygen atoms in total. The Bertz CT molecular complexity index is 68.6. The minimum Gasteiger partial charge on any atom is -0.392 e. The van der Waals surface area contributed by atoms with Gasteiger partial charge in [-0.2, -0.15) is 0 Å². The van der Waals surface area contributed by atoms with Crippen LogP contribution in [0.5, 0.6) is 0 Å². The summed E-state index contributed by atoms with van der Waals surface area (Å²) in [4.78, 5) is 0. The maximum Gasteiger partial charge on any atom is 0.0894 e. The Kier molecular flexibility index (Phi) is 6.86. The molecular weight excluding hydrogens is 133 g/mol. The summed E-state index contributed by atoms with van der Waals surface area (Å²) < 4.78 is 11.5. The van der Waals surface area contributed by atoms with Gasteiger partial charge in [-0.15, -0.1) is 0 Å². The van der Waals surface area contributed by atoms with Gasteiger partial charge in [0.05, 0.1) is 12.8 Å². The van der Waals surface area contributed by atoms with Crippen molar-refractivity contribution in [2.75, 3.05) is 19.8 Å². The Morgan fingerprint density at radius 1 is 1.50 bits per heavy atom. The monoisotopic (exact) mass is 149 g/mol. The second-order valence-electron chi connectivity index (χ2n) is 2.45. The van der Waals surface area contributed by atoms with Gasteiger partial charge >= 0.3 is 0 Å². The van der Waals surface area contributed by atoms with Crippen LogP contribution in [0.4, 0.5) is 4.39 Å². The van der Waals surface area contributed by atoms with E-state index in [9.17, 15) is 4.39 Å². The molecule has 3 heteroatoms. The lowest BCUT2D eigenvalue weighted by atomic mass is 10.3. The van der Waals surface area contributed by atoms with E-state index in [0.717, 1.165) is 13.0 Å². The molecule has 0 rings (SSSR count). The van der Waals surface area contributed by atoms with Gasteiger partial charge in [-0.05, 0) is 26.3 Å². The highest BCUT2D eigenvalue weighted by Crippen LogP contribution is 1.86. The summed E-state index contributed by atoms with van der Waals surface area (Å²) in [5.74, 6) is 0. The summed E-state index contributed by atoms with van der Waals surface area (Å²) >= 11 is 0. The van der Waals surface area contributed by atoms with Crippen LogP contribution in [0.15, 0.2) is 0 Å². The van der Waals surface area contributed by atoms with Crippen LogP contribution in [0.1, 0.15) is 19.8 Å². The third kappa shape index (κ3) is 7.85. The minimum absolute atomic E-state index is 0.240. The first-order valence-corrected chi connectivity index (χ1v) is 3.72. The van der Waals surface area contributed by atoms with Crippen molar-refractivity contribution < 1.29 is 9.50 Å². The number of aliphatic hydroxyl groups is 1. The molecule has 0 saturated heterocycles. The van der Waals surface area contributed by atoms with Gasteiger partial charge in [-0.1, -0.05) is 0 Å². The molecule has 0 saturated carbocycles. The van der Waals surface area contributed by atoms with Crippen molar-refractivity contribution in [3.8, 4) is 0 Å². The lowest BCUT2D eigenvalue weighted by Crippen LogP contribution is -2.25. The number of halogens is 1. The Morgan fingerprint density at radius 2 is 2.20 bits per heavy atom. The first kappa shape index (κ1) is 9.85. The van der Waals surface area contributed by atoms with Crippen LogP contribution in [0.3, 0.4) is 0 Å². The highest BCUT2D eigenvalue weighted by molar-refractivity contribution is 4.52. The summed E-state index contributed by atoms with van der Waals surface area (Å²) in [6.45, 7) is 2.89. The second-order valence-corrected chi connectivity index (χ2v) is 2.45. The summed E-state index contributed by atoms with van der Waals surface area (Å²) in [6.07, 6.45) is 1.17. The van der Waals surface area contributed by atoms with Crippen LogP contribution in [0.2, 0.25) is 0 Å². The van der Waals surface area contributed by atoms with E-state index in [1.165, 1.54) is 0 Å². The average molecular weight is 149 g/mol. The zero-order valence-corrected chi connectivity index (χ0v) is 6.44. The first-order valence-electron chi connectivity index (χ1n) is 3.72. The summed E-state index contributed by atoms with van der Waals surface area (Å²) in [7, 11) is 0. The third-order valence-electron chi connectivity index (χ3n) is 1.18. The molecule has 0 aliphatic heterocycles. The van der Waals surface area contributed by atoms with Gasteiger partial charge in [-0.25, -0.2) is 0 Å². The molecule has 0 aliphatic rings. The van der Waals surface area contributed by atoms with E-state index in [4.69, 9.17) is 5.11 Å². The van der Waals surface area contributed by atoms with Crippen molar-refractivity contribution in [2.45, 2.75) is 25.9 Å². The molecule has 0 heterocycles. The van der Waals surface area contributed by atoms with Gasteiger partial charge in [0.2, 0.25) is 0 Å². The fourth-order valence-corrected chi connectivity index (χ4v) is 0.655. The number of aliphatic hydroxyl groups excluding tert-OH is 1. The largest absolute Gasteiger partial charge is 0.392 e. The van der Waals surface area contributed by atoms with Gasteiger partial charge in [0.15, 0.2) is 0 Å². The number of nitrogens with one attached hydrogen (secondary N) is 1. The number of hydrogen-bond acceptors (Lipinski definition) is 2. The fraction of sp³-hybridized carbons (Fsp3) is 1.00.